The first-order valence-corrected chi connectivity index (χ1v) is 14.8. The van der Waals surface area contributed by atoms with Gasteiger partial charge in [-0.1, -0.05) is 37.6 Å². The fourth-order valence-corrected chi connectivity index (χ4v) is 7.01. The van der Waals surface area contributed by atoms with E-state index in [0.717, 1.165) is 73.0 Å². The van der Waals surface area contributed by atoms with Gasteiger partial charge in [0.05, 0.1) is 22.4 Å². The molecule has 5 heterocycles. The Balaban J connectivity index is 1.34. The Morgan fingerprint density at radius 3 is 2.70 bits per heavy atom. The maximum absolute atomic E-state index is 6.77. The lowest BCUT2D eigenvalue weighted by Gasteiger charge is -2.45. The largest absolute Gasteiger partial charge is 0.381 e. The van der Waals surface area contributed by atoms with Gasteiger partial charge in [0.1, 0.15) is 11.5 Å². The van der Waals surface area contributed by atoms with Gasteiger partial charge in [0.25, 0.3) is 0 Å². The maximum atomic E-state index is 6.77. The minimum absolute atomic E-state index is 0.00322. The zero-order valence-corrected chi connectivity index (χ0v) is 24.6. The minimum Gasteiger partial charge on any atom is -0.381 e. The summed E-state index contributed by atoms with van der Waals surface area (Å²) in [6, 6.07) is 9.05. The zero-order valence-electron chi connectivity index (χ0n) is 23.8. The molecule has 7 nitrogen and oxygen atoms in total. The Morgan fingerprint density at radius 1 is 1.07 bits per heavy atom. The molecule has 1 saturated carbocycles. The zero-order chi connectivity index (χ0) is 27.6. The third-order valence-corrected chi connectivity index (χ3v) is 9.43. The second-order valence-corrected chi connectivity index (χ2v) is 12.8. The van der Waals surface area contributed by atoms with Gasteiger partial charge in [-0.2, -0.15) is 0 Å². The van der Waals surface area contributed by atoms with Crippen molar-refractivity contribution in [1.29, 1.82) is 0 Å². The molecule has 0 spiro atoms. The van der Waals surface area contributed by atoms with Crippen molar-refractivity contribution in [2.45, 2.75) is 65.0 Å². The number of nitrogens with one attached hydrogen (secondary N) is 1. The van der Waals surface area contributed by atoms with Crippen molar-refractivity contribution in [1.82, 2.24) is 19.9 Å². The molecule has 8 heteroatoms. The molecule has 4 aromatic rings. The number of H-pyrrole nitrogens is 1. The quantitative estimate of drug-likeness (QED) is 0.296. The number of pyridine rings is 1. The number of aromatic nitrogens is 4. The number of aryl methyl sites for hydroxylation is 1. The number of benzene rings is 1. The van der Waals surface area contributed by atoms with Crippen LogP contribution in [0.3, 0.4) is 0 Å². The molecule has 1 saturated heterocycles. The number of fused-ring (bicyclic) bond motifs is 2. The van der Waals surface area contributed by atoms with Gasteiger partial charge in [-0.05, 0) is 55.4 Å². The van der Waals surface area contributed by atoms with E-state index < -0.39 is 0 Å². The monoisotopic (exact) mass is 556 g/mol. The normalized spacial score (nSPS) is 20.7. The molecule has 2 aliphatic heterocycles. The van der Waals surface area contributed by atoms with Crippen LogP contribution in [0, 0.1) is 12.3 Å². The molecule has 1 N–H and O–H groups in total. The van der Waals surface area contributed by atoms with Crippen LogP contribution in [0.2, 0.25) is 5.02 Å². The van der Waals surface area contributed by atoms with Gasteiger partial charge in [0.2, 0.25) is 0 Å². The summed E-state index contributed by atoms with van der Waals surface area (Å²) >= 11 is 6.77. The molecule has 0 bridgehead atoms. The number of nitrogens with zero attached hydrogens (tertiary/aromatic N) is 5. The van der Waals surface area contributed by atoms with Crippen LogP contribution in [0.25, 0.3) is 22.4 Å². The van der Waals surface area contributed by atoms with E-state index in [4.69, 9.17) is 26.3 Å². The molecule has 3 aliphatic rings. The van der Waals surface area contributed by atoms with Crippen LogP contribution in [-0.4, -0.2) is 52.8 Å². The summed E-state index contributed by atoms with van der Waals surface area (Å²) in [6.07, 6.45) is 8.26. The standard InChI is InChI=1S/C32H37ClN6O/c1-19-5-6-21(20-7-8-20)15-26(19)38-13-10-25-23(17-38)31(39-14-11-27(40-4)32(2,3)18-39)37-30(36-25)28-22-9-12-34-29(22)35-16-24(28)33/h5-6,9,12,15-16,20,27H,7-8,10-11,13-14,17-18H2,1-4H3,(H,34,35)/t27-/m0/s1. The topological polar surface area (TPSA) is 70.2 Å². The van der Waals surface area contributed by atoms with E-state index in [1.807, 2.05) is 19.4 Å². The van der Waals surface area contributed by atoms with Gasteiger partial charge < -0.3 is 19.5 Å². The van der Waals surface area contributed by atoms with Crippen molar-refractivity contribution in [3.8, 4) is 11.4 Å². The Morgan fingerprint density at radius 2 is 1.93 bits per heavy atom. The second kappa shape index (κ2) is 9.74. The van der Waals surface area contributed by atoms with E-state index in [9.17, 15) is 0 Å². The van der Waals surface area contributed by atoms with E-state index in [-0.39, 0.29) is 11.5 Å². The van der Waals surface area contributed by atoms with Gasteiger partial charge in [-0.25, -0.2) is 15.0 Å². The fraction of sp³-hybridized carbons (Fsp3) is 0.469. The van der Waals surface area contributed by atoms with Gasteiger partial charge in [-0.3, -0.25) is 0 Å². The van der Waals surface area contributed by atoms with E-state index in [2.05, 4.69) is 58.7 Å². The third-order valence-electron chi connectivity index (χ3n) is 9.14. The van der Waals surface area contributed by atoms with Crippen LogP contribution in [-0.2, 0) is 17.7 Å². The molecule has 7 rings (SSSR count). The van der Waals surface area contributed by atoms with E-state index in [0.29, 0.717) is 10.8 Å². The first-order valence-electron chi connectivity index (χ1n) is 14.5. The lowest BCUT2D eigenvalue weighted by molar-refractivity contribution is -0.00647. The maximum Gasteiger partial charge on any atom is 0.164 e. The number of halogens is 1. The number of aromatic amines is 1. The van der Waals surface area contributed by atoms with E-state index in [1.54, 1.807) is 6.20 Å². The number of ether oxygens (including phenoxy) is 1. The van der Waals surface area contributed by atoms with Crippen molar-refractivity contribution in [2.75, 3.05) is 36.5 Å². The summed E-state index contributed by atoms with van der Waals surface area (Å²) in [6.45, 7) is 10.3. The summed E-state index contributed by atoms with van der Waals surface area (Å²) in [5.41, 5.74) is 8.13. The fourth-order valence-electron chi connectivity index (χ4n) is 6.78. The summed E-state index contributed by atoms with van der Waals surface area (Å²) in [4.78, 5) is 23.2. The van der Waals surface area contributed by atoms with Crippen LogP contribution < -0.4 is 9.80 Å². The predicted octanol–water partition coefficient (Wildman–Crippen LogP) is 6.67. The number of anilines is 2. The molecule has 40 heavy (non-hydrogen) atoms. The number of rotatable bonds is 5. The van der Waals surface area contributed by atoms with Gasteiger partial charge in [0, 0.05) is 74.2 Å². The highest BCUT2D eigenvalue weighted by Gasteiger charge is 2.38. The highest BCUT2D eigenvalue weighted by Crippen LogP contribution is 2.43. The average molecular weight is 557 g/mol. The first kappa shape index (κ1) is 25.8. The Bertz CT molecular complexity index is 1590. The van der Waals surface area contributed by atoms with Crippen LogP contribution >= 0.6 is 11.6 Å². The molecule has 0 amide bonds. The van der Waals surface area contributed by atoms with Crippen molar-refractivity contribution in [2.24, 2.45) is 5.41 Å². The van der Waals surface area contributed by atoms with Crippen molar-refractivity contribution in [3.05, 3.63) is 64.1 Å². The smallest absolute Gasteiger partial charge is 0.164 e. The van der Waals surface area contributed by atoms with Crippen LogP contribution in [0.5, 0.6) is 0 Å². The Kier molecular flexibility index (Phi) is 6.28. The average Bonchev–Trinajstić information content (AvgIpc) is 3.69. The summed E-state index contributed by atoms with van der Waals surface area (Å²) in [5.74, 6) is 2.44. The second-order valence-electron chi connectivity index (χ2n) is 12.4. The van der Waals surface area contributed by atoms with Gasteiger partial charge in [-0.15, -0.1) is 0 Å². The Hall–Kier alpha value is -3.16. The number of piperidine rings is 1. The molecule has 2 fully saturated rings. The molecular weight excluding hydrogens is 520 g/mol. The van der Waals surface area contributed by atoms with Gasteiger partial charge in [0.15, 0.2) is 5.82 Å². The van der Waals surface area contributed by atoms with Crippen LogP contribution in [0.1, 0.15) is 61.4 Å². The van der Waals surface area contributed by atoms with Crippen molar-refractivity contribution >= 4 is 34.1 Å². The predicted molar refractivity (Wildman–Crippen MR) is 161 cm³/mol. The lowest BCUT2D eigenvalue weighted by atomic mass is 9.81. The summed E-state index contributed by atoms with van der Waals surface area (Å²) in [5, 5.41) is 1.52. The molecule has 3 aromatic heterocycles. The molecular formula is C32H37ClN6O. The number of methoxy groups -OCH3 is 1. The van der Waals surface area contributed by atoms with Crippen LogP contribution in [0.15, 0.2) is 36.7 Å². The minimum atomic E-state index is -0.00322. The summed E-state index contributed by atoms with van der Waals surface area (Å²) in [7, 11) is 1.83. The third kappa shape index (κ3) is 4.44. The number of hydrogen-bond acceptors (Lipinski definition) is 6. The first-order chi connectivity index (χ1) is 19.3. The lowest BCUT2D eigenvalue weighted by Crippen LogP contribution is -2.50. The van der Waals surface area contributed by atoms with Gasteiger partial charge >= 0.3 is 0 Å². The highest BCUT2D eigenvalue weighted by atomic mass is 35.5. The van der Waals surface area contributed by atoms with Crippen molar-refractivity contribution in [3.63, 3.8) is 0 Å². The Labute approximate surface area is 240 Å². The molecule has 1 atom stereocenters. The SMILES string of the molecule is CO[C@H]1CCN(c2nc(-c3c(Cl)cnc4[nH]ccc34)nc3c2CN(c2cc(C4CC4)ccc2C)CC3)CC1(C)C. The summed E-state index contributed by atoms with van der Waals surface area (Å²) < 4.78 is 5.88. The molecule has 208 valence electrons. The highest BCUT2D eigenvalue weighted by molar-refractivity contribution is 6.34. The van der Waals surface area contributed by atoms with E-state index >= 15 is 0 Å². The number of hydrogen-bond donors (Lipinski definition) is 1. The van der Waals surface area contributed by atoms with Crippen molar-refractivity contribution < 1.29 is 4.74 Å². The van der Waals surface area contributed by atoms with Crippen LogP contribution in [0.4, 0.5) is 11.5 Å². The molecule has 1 aromatic carbocycles. The molecule has 0 radical (unpaired) electrons. The molecule has 1 aliphatic carbocycles. The van der Waals surface area contributed by atoms with E-state index in [1.165, 1.54) is 35.2 Å². The molecule has 0 unspecified atom stereocenters.